The van der Waals surface area contributed by atoms with Gasteiger partial charge in [0.25, 0.3) is 0 Å². The van der Waals surface area contributed by atoms with E-state index in [0.29, 0.717) is 16.5 Å². The Morgan fingerprint density at radius 2 is 2.04 bits per heavy atom. The van der Waals surface area contributed by atoms with Crippen molar-refractivity contribution in [2.24, 2.45) is 0 Å². The number of carboxylic acids is 1. The molecule has 2 N–H and O–H groups in total. The van der Waals surface area contributed by atoms with Crippen LogP contribution in [0.1, 0.15) is 44.5 Å². The van der Waals surface area contributed by atoms with Gasteiger partial charge in [0, 0.05) is 4.90 Å². The number of benzene rings is 1. The number of aromatic nitrogens is 1. The molecule has 0 saturated carbocycles. The highest BCUT2D eigenvalue weighted by molar-refractivity contribution is 8.00. The molecule has 1 unspecified atom stereocenters. The summed E-state index contributed by atoms with van der Waals surface area (Å²) in [4.78, 5) is 28.8. The minimum atomic E-state index is -0.986. The van der Waals surface area contributed by atoms with Gasteiger partial charge in [0.1, 0.15) is 9.88 Å². The third-order valence-corrected chi connectivity index (χ3v) is 5.94. The molecule has 7 heteroatoms. The van der Waals surface area contributed by atoms with E-state index in [4.69, 9.17) is 5.11 Å². The van der Waals surface area contributed by atoms with Crippen molar-refractivity contribution in [2.75, 3.05) is 5.75 Å². The van der Waals surface area contributed by atoms with E-state index in [1.165, 1.54) is 11.8 Å². The second kappa shape index (κ2) is 7.81. The summed E-state index contributed by atoms with van der Waals surface area (Å²) in [5.41, 5.74) is 2.79. The first-order valence-corrected chi connectivity index (χ1v) is 9.28. The predicted molar refractivity (Wildman–Crippen MR) is 97.0 cm³/mol. The van der Waals surface area contributed by atoms with E-state index >= 15 is 0 Å². The molecule has 128 valence electrons. The van der Waals surface area contributed by atoms with Gasteiger partial charge in [-0.05, 0) is 39.3 Å². The van der Waals surface area contributed by atoms with Gasteiger partial charge in [-0.2, -0.15) is 0 Å². The van der Waals surface area contributed by atoms with E-state index in [1.807, 2.05) is 32.9 Å². The average molecular weight is 364 g/mol. The lowest BCUT2D eigenvalue weighted by atomic mass is 10.2. The largest absolute Gasteiger partial charge is 0.477 e. The lowest BCUT2D eigenvalue weighted by Crippen LogP contribution is -2.28. The Labute approximate surface area is 149 Å². The Bertz CT molecular complexity index is 771. The fraction of sp³-hybridized carbons (Fsp3) is 0.353. The first kappa shape index (κ1) is 18.5. The number of aryl methyl sites for hydroxylation is 3. The van der Waals surface area contributed by atoms with Crippen LogP contribution < -0.4 is 5.32 Å². The first-order valence-electron chi connectivity index (χ1n) is 7.48. The van der Waals surface area contributed by atoms with E-state index in [0.717, 1.165) is 27.4 Å². The zero-order valence-electron chi connectivity index (χ0n) is 14.0. The molecule has 5 nitrogen and oxygen atoms in total. The number of aromatic carboxylic acids is 1. The van der Waals surface area contributed by atoms with Crippen LogP contribution in [0.4, 0.5) is 0 Å². The Morgan fingerprint density at radius 1 is 1.33 bits per heavy atom. The fourth-order valence-electron chi connectivity index (χ4n) is 2.15. The number of carbonyl (C=O) groups is 2. The van der Waals surface area contributed by atoms with Crippen LogP contribution in [0.5, 0.6) is 0 Å². The SMILES string of the molecule is Cc1ccc(C)c(SCC(=O)NC(C)c2nc(C)c(C(=O)O)s2)c1. The number of thiazole rings is 1. The van der Waals surface area contributed by atoms with Gasteiger partial charge in [-0.1, -0.05) is 17.7 Å². The monoisotopic (exact) mass is 364 g/mol. The van der Waals surface area contributed by atoms with Crippen LogP contribution >= 0.6 is 23.1 Å². The molecule has 2 rings (SSSR count). The molecule has 2 aromatic rings. The van der Waals surface area contributed by atoms with Crippen molar-refractivity contribution in [1.29, 1.82) is 0 Å². The molecule has 0 saturated heterocycles. The second-order valence-corrected chi connectivity index (χ2v) is 7.67. The van der Waals surface area contributed by atoms with Crippen LogP contribution in [-0.4, -0.2) is 27.7 Å². The number of amides is 1. The van der Waals surface area contributed by atoms with Gasteiger partial charge in [0.15, 0.2) is 0 Å². The number of nitrogens with one attached hydrogen (secondary N) is 1. The van der Waals surface area contributed by atoms with Crippen LogP contribution in [0.2, 0.25) is 0 Å². The molecule has 1 aromatic carbocycles. The van der Waals surface area contributed by atoms with Crippen LogP contribution in [-0.2, 0) is 4.79 Å². The van der Waals surface area contributed by atoms with Crippen LogP contribution in [0.15, 0.2) is 23.1 Å². The Kier molecular flexibility index (Phi) is 6.01. The van der Waals surface area contributed by atoms with Gasteiger partial charge in [0.2, 0.25) is 5.91 Å². The smallest absolute Gasteiger partial charge is 0.347 e. The topological polar surface area (TPSA) is 79.3 Å². The molecule has 1 amide bonds. The van der Waals surface area contributed by atoms with E-state index < -0.39 is 5.97 Å². The standard InChI is InChI=1S/C17H20N2O3S2/c1-9-5-6-10(2)13(7-9)23-8-14(20)18-12(4)16-19-11(3)15(24-16)17(21)22/h5-7,12H,8H2,1-4H3,(H,18,20)(H,21,22). The fourth-order valence-corrected chi connectivity index (χ4v) is 3.99. The molecule has 0 bridgehead atoms. The van der Waals surface area contributed by atoms with Crippen molar-refractivity contribution in [3.05, 3.63) is 44.9 Å². The normalized spacial score (nSPS) is 12.0. The second-order valence-electron chi connectivity index (χ2n) is 5.62. The molecule has 0 aliphatic heterocycles. The number of nitrogens with zero attached hydrogens (tertiary/aromatic N) is 1. The first-order chi connectivity index (χ1) is 11.3. The Hall–Kier alpha value is -1.86. The Morgan fingerprint density at radius 3 is 2.67 bits per heavy atom. The quantitative estimate of drug-likeness (QED) is 0.764. The van der Waals surface area contributed by atoms with Crippen molar-refractivity contribution < 1.29 is 14.7 Å². The molecule has 0 aliphatic carbocycles. The molecular weight excluding hydrogens is 344 g/mol. The summed E-state index contributed by atoms with van der Waals surface area (Å²) in [5.74, 6) is -0.775. The number of rotatable bonds is 6. The summed E-state index contributed by atoms with van der Waals surface area (Å²) in [6.07, 6.45) is 0. The maximum atomic E-state index is 12.2. The summed E-state index contributed by atoms with van der Waals surface area (Å²) in [7, 11) is 0. The molecule has 1 atom stereocenters. The summed E-state index contributed by atoms with van der Waals surface area (Å²) in [6, 6.07) is 5.85. The van der Waals surface area contributed by atoms with E-state index in [1.54, 1.807) is 6.92 Å². The van der Waals surface area contributed by atoms with Crippen molar-refractivity contribution in [2.45, 2.75) is 38.6 Å². The molecule has 0 spiro atoms. The summed E-state index contributed by atoms with van der Waals surface area (Å²) in [6.45, 7) is 7.52. The molecule has 0 aliphatic rings. The zero-order valence-corrected chi connectivity index (χ0v) is 15.7. The summed E-state index contributed by atoms with van der Waals surface area (Å²) < 4.78 is 0. The predicted octanol–water partition coefficient (Wildman–Crippen LogP) is 3.74. The molecule has 1 heterocycles. The van der Waals surface area contributed by atoms with Crippen molar-refractivity contribution in [1.82, 2.24) is 10.3 Å². The summed E-state index contributed by atoms with van der Waals surface area (Å²) in [5, 5.41) is 12.6. The van der Waals surface area contributed by atoms with E-state index in [-0.39, 0.29) is 16.8 Å². The molecule has 0 fully saturated rings. The van der Waals surface area contributed by atoms with Crippen LogP contribution in [0, 0.1) is 20.8 Å². The van der Waals surface area contributed by atoms with Gasteiger partial charge in [-0.15, -0.1) is 23.1 Å². The molecular formula is C17H20N2O3S2. The molecule has 24 heavy (non-hydrogen) atoms. The van der Waals surface area contributed by atoms with Crippen molar-refractivity contribution >= 4 is 35.0 Å². The Balaban J connectivity index is 1.95. The number of hydrogen-bond acceptors (Lipinski definition) is 5. The van der Waals surface area contributed by atoms with Gasteiger partial charge in [-0.3, -0.25) is 4.79 Å². The highest BCUT2D eigenvalue weighted by Gasteiger charge is 2.19. The van der Waals surface area contributed by atoms with Gasteiger partial charge < -0.3 is 10.4 Å². The van der Waals surface area contributed by atoms with Gasteiger partial charge in [-0.25, -0.2) is 9.78 Å². The number of carbonyl (C=O) groups excluding carboxylic acids is 1. The van der Waals surface area contributed by atoms with Crippen molar-refractivity contribution in [3.63, 3.8) is 0 Å². The minimum absolute atomic E-state index is 0.0989. The average Bonchev–Trinajstić information content (AvgIpc) is 2.90. The van der Waals surface area contributed by atoms with Crippen LogP contribution in [0.3, 0.4) is 0 Å². The third-order valence-electron chi connectivity index (χ3n) is 3.46. The zero-order chi connectivity index (χ0) is 17.9. The maximum absolute atomic E-state index is 12.2. The van der Waals surface area contributed by atoms with E-state index in [2.05, 4.69) is 16.4 Å². The van der Waals surface area contributed by atoms with E-state index in [9.17, 15) is 9.59 Å². The lowest BCUT2D eigenvalue weighted by molar-refractivity contribution is -0.119. The molecule has 0 radical (unpaired) electrons. The highest BCUT2D eigenvalue weighted by Crippen LogP contribution is 2.25. The van der Waals surface area contributed by atoms with Crippen molar-refractivity contribution in [3.8, 4) is 0 Å². The molecule has 1 aromatic heterocycles. The third kappa shape index (κ3) is 4.58. The maximum Gasteiger partial charge on any atom is 0.347 e. The minimum Gasteiger partial charge on any atom is -0.477 e. The van der Waals surface area contributed by atoms with Gasteiger partial charge in [0.05, 0.1) is 17.5 Å². The summed E-state index contributed by atoms with van der Waals surface area (Å²) >= 11 is 2.60. The van der Waals surface area contributed by atoms with Crippen LogP contribution in [0.25, 0.3) is 0 Å². The lowest BCUT2D eigenvalue weighted by Gasteiger charge is -2.12. The van der Waals surface area contributed by atoms with Gasteiger partial charge >= 0.3 is 5.97 Å². The number of carboxylic acid groups (broad SMARTS) is 1. The number of hydrogen-bond donors (Lipinski definition) is 2. The number of thioether (sulfide) groups is 1. The highest BCUT2D eigenvalue weighted by atomic mass is 32.2.